The van der Waals surface area contributed by atoms with Crippen LogP contribution in [0, 0.1) is 5.82 Å². The van der Waals surface area contributed by atoms with Crippen molar-refractivity contribution in [3.8, 4) is 5.75 Å². The zero-order chi connectivity index (χ0) is 15.2. The molecule has 2 aromatic carbocycles. The summed E-state index contributed by atoms with van der Waals surface area (Å²) in [6, 6.07) is 12.8. The average Bonchev–Trinajstić information content (AvgIpc) is 2.48. The largest absolute Gasteiger partial charge is 0.494 e. The summed E-state index contributed by atoms with van der Waals surface area (Å²) in [5.41, 5.74) is 1.87. The number of anilines is 1. The molecule has 0 aliphatic carbocycles. The molecule has 0 spiro atoms. The molecule has 112 valence electrons. The first-order valence-electron chi connectivity index (χ1n) is 6.99. The molecule has 0 fully saturated rings. The highest BCUT2D eigenvalue weighted by molar-refractivity contribution is 6.30. The Labute approximate surface area is 129 Å². The van der Waals surface area contributed by atoms with E-state index >= 15 is 0 Å². The molecule has 1 atom stereocenters. The van der Waals surface area contributed by atoms with Crippen LogP contribution >= 0.6 is 11.6 Å². The van der Waals surface area contributed by atoms with Gasteiger partial charge in [-0.2, -0.15) is 0 Å². The van der Waals surface area contributed by atoms with Gasteiger partial charge in [0, 0.05) is 16.8 Å². The number of ether oxygens (including phenoxy) is 1. The van der Waals surface area contributed by atoms with Gasteiger partial charge in [0.2, 0.25) is 0 Å². The Morgan fingerprint density at radius 1 is 1.19 bits per heavy atom. The molecule has 0 saturated heterocycles. The van der Waals surface area contributed by atoms with Gasteiger partial charge < -0.3 is 10.1 Å². The molecular weight excluding hydrogens is 289 g/mol. The number of hydrogen-bond donors (Lipinski definition) is 1. The van der Waals surface area contributed by atoms with Gasteiger partial charge >= 0.3 is 0 Å². The molecule has 0 amide bonds. The van der Waals surface area contributed by atoms with Crippen LogP contribution in [0.5, 0.6) is 5.75 Å². The second kappa shape index (κ2) is 7.32. The zero-order valence-corrected chi connectivity index (χ0v) is 13.0. The molecule has 0 heterocycles. The van der Waals surface area contributed by atoms with E-state index in [1.807, 2.05) is 30.3 Å². The maximum Gasteiger partial charge on any atom is 0.167 e. The minimum absolute atomic E-state index is 0.125. The smallest absolute Gasteiger partial charge is 0.167 e. The third-order valence-corrected chi connectivity index (χ3v) is 3.59. The quantitative estimate of drug-likeness (QED) is 0.767. The van der Waals surface area contributed by atoms with Crippen molar-refractivity contribution in [1.29, 1.82) is 0 Å². The maximum atomic E-state index is 13.8. The molecule has 4 heteroatoms. The van der Waals surface area contributed by atoms with Crippen molar-refractivity contribution in [2.24, 2.45) is 0 Å². The van der Waals surface area contributed by atoms with Gasteiger partial charge in [-0.25, -0.2) is 4.39 Å². The van der Waals surface area contributed by atoms with Gasteiger partial charge in [-0.1, -0.05) is 37.1 Å². The zero-order valence-electron chi connectivity index (χ0n) is 12.2. The fraction of sp³-hybridized carbons (Fsp3) is 0.294. The molecule has 0 aliphatic rings. The van der Waals surface area contributed by atoms with Gasteiger partial charge in [0.15, 0.2) is 11.6 Å². The minimum atomic E-state index is -0.367. The van der Waals surface area contributed by atoms with Gasteiger partial charge in [-0.15, -0.1) is 0 Å². The SMILES string of the molecule is CCCC(Nc1ccc(OC)c(F)c1)c1ccc(Cl)cc1. The van der Waals surface area contributed by atoms with E-state index in [4.69, 9.17) is 16.3 Å². The molecule has 1 unspecified atom stereocenters. The van der Waals surface area contributed by atoms with E-state index in [1.165, 1.54) is 13.2 Å². The molecule has 2 rings (SSSR count). The van der Waals surface area contributed by atoms with Crippen molar-refractivity contribution in [3.05, 3.63) is 58.9 Å². The van der Waals surface area contributed by atoms with E-state index in [0.717, 1.165) is 24.1 Å². The van der Waals surface area contributed by atoms with E-state index in [2.05, 4.69) is 12.2 Å². The standard InChI is InChI=1S/C17H19ClFNO/c1-3-4-16(12-5-7-13(18)8-6-12)20-14-9-10-17(21-2)15(19)11-14/h5-11,16,20H,3-4H2,1-2H3. The molecule has 0 aromatic heterocycles. The highest BCUT2D eigenvalue weighted by atomic mass is 35.5. The Bertz CT molecular complexity index is 586. The third-order valence-electron chi connectivity index (χ3n) is 3.34. The lowest BCUT2D eigenvalue weighted by Gasteiger charge is -2.20. The normalized spacial score (nSPS) is 12.0. The number of halogens is 2. The summed E-state index contributed by atoms with van der Waals surface area (Å²) in [7, 11) is 1.46. The topological polar surface area (TPSA) is 21.3 Å². The number of nitrogens with one attached hydrogen (secondary N) is 1. The molecular formula is C17H19ClFNO. The maximum absolute atomic E-state index is 13.8. The van der Waals surface area contributed by atoms with Crippen LogP contribution in [0.25, 0.3) is 0 Å². The van der Waals surface area contributed by atoms with Gasteiger partial charge in [0.1, 0.15) is 0 Å². The number of rotatable bonds is 6. The summed E-state index contributed by atoms with van der Waals surface area (Å²) in [5, 5.41) is 4.08. The molecule has 0 saturated carbocycles. The van der Waals surface area contributed by atoms with Crippen molar-refractivity contribution < 1.29 is 9.13 Å². The van der Waals surface area contributed by atoms with E-state index in [9.17, 15) is 4.39 Å². The number of methoxy groups -OCH3 is 1. The van der Waals surface area contributed by atoms with Crippen LogP contribution in [-0.4, -0.2) is 7.11 Å². The van der Waals surface area contributed by atoms with Crippen molar-refractivity contribution in [3.63, 3.8) is 0 Å². The highest BCUT2D eigenvalue weighted by Gasteiger charge is 2.12. The van der Waals surface area contributed by atoms with E-state index in [0.29, 0.717) is 5.02 Å². The number of hydrogen-bond acceptors (Lipinski definition) is 2. The first kappa shape index (κ1) is 15.6. The third kappa shape index (κ3) is 4.11. The summed E-state index contributed by atoms with van der Waals surface area (Å²) in [5.74, 6) is -0.118. The average molecular weight is 308 g/mol. The Morgan fingerprint density at radius 2 is 1.90 bits per heavy atom. The molecule has 2 aromatic rings. The Kier molecular flexibility index (Phi) is 5.45. The molecule has 21 heavy (non-hydrogen) atoms. The monoisotopic (exact) mass is 307 g/mol. The molecule has 1 N–H and O–H groups in total. The Morgan fingerprint density at radius 3 is 2.48 bits per heavy atom. The highest BCUT2D eigenvalue weighted by Crippen LogP contribution is 2.27. The molecule has 0 aliphatic heterocycles. The Balaban J connectivity index is 2.19. The van der Waals surface area contributed by atoms with Crippen LogP contribution in [0.1, 0.15) is 31.4 Å². The van der Waals surface area contributed by atoms with Crippen LogP contribution in [0.3, 0.4) is 0 Å². The molecule has 0 radical (unpaired) electrons. The van der Waals surface area contributed by atoms with E-state index in [-0.39, 0.29) is 17.6 Å². The second-order valence-electron chi connectivity index (χ2n) is 4.89. The van der Waals surface area contributed by atoms with Crippen molar-refractivity contribution in [1.82, 2.24) is 0 Å². The predicted octanol–water partition coefficient (Wildman–Crippen LogP) is 5.44. The lowest BCUT2D eigenvalue weighted by Crippen LogP contribution is -2.10. The summed E-state index contributed by atoms with van der Waals surface area (Å²) in [6.45, 7) is 2.12. The van der Waals surface area contributed by atoms with Gasteiger partial charge in [-0.3, -0.25) is 0 Å². The molecule has 2 nitrogen and oxygen atoms in total. The number of benzene rings is 2. The summed E-state index contributed by atoms with van der Waals surface area (Å²) in [6.07, 6.45) is 1.98. The van der Waals surface area contributed by atoms with Crippen molar-refractivity contribution in [2.45, 2.75) is 25.8 Å². The van der Waals surface area contributed by atoms with Crippen LogP contribution in [0.2, 0.25) is 5.02 Å². The van der Waals surface area contributed by atoms with Gasteiger partial charge in [0.05, 0.1) is 13.2 Å². The van der Waals surface area contributed by atoms with Crippen LogP contribution in [0.4, 0.5) is 10.1 Å². The first-order valence-corrected chi connectivity index (χ1v) is 7.37. The van der Waals surface area contributed by atoms with Crippen molar-refractivity contribution >= 4 is 17.3 Å². The fourth-order valence-electron chi connectivity index (χ4n) is 2.26. The second-order valence-corrected chi connectivity index (χ2v) is 5.32. The van der Waals surface area contributed by atoms with Gasteiger partial charge in [-0.05, 0) is 36.2 Å². The van der Waals surface area contributed by atoms with E-state index in [1.54, 1.807) is 6.07 Å². The molecule has 0 bridgehead atoms. The summed E-state index contributed by atoms with van der Waals surface area (Å²) in [4.78, 5) is 0. The van der Waals surface area contributed by atoms with Gasteiger partial charge in [0.25, 0.3) is 0 Å². The lowest BCUT2D eigenvalue weighted by atomic mass is 10.0. The predicted molar refractivity (Wildman–Crippen MR) is 85.7 cm³/mol. The van der Waals surface area contributed by atoms with Crippen molar-refractivity contribution in [2.75, 3.05) is 12.4 Å². The summed E-state index contributed by atoms with van der Waals surface area (Å²) < 4.78 is 18.7. The minimum Gasteiger partial charge on any atom is -0.494 e. The first-order chi connectivity index (χ1) is 10.1. The van der Waals surface area contributed by atoms with Crippen LogP contribution in [-0.2, 0) is 0 Å². The lowest BCUT2D eigenvalue weighted by molar-refractivity contribution is 0.386. The Hall–Kier alpha value is -1.74. The summed E-state index contributed by atoms with van der Waals surface area (Å²) >= 11 is 5.92. The van der Waals surface area contributed by atoms with E-state index < -0.39 is 0 Å². The fourth-order valence-corrected chi connectivity index (χ4v) is 2.39. The van der Waals surface area contributed by atoms with Crippen LogP contribution in [0.15, 0.2) is 42.5 Å². The van der Waals surface area contributed by atoms with Crippen LogP contribution < -0.4 is 10.1 Å².